The Bertz CT molecular complexity index is 960. The highest BCUT2D eigenvalue weighted by Crippen LogP contribution is 2.40. The largest absolute Gasteiger partial charge is 0.493 e. The Kier molecular flexibility index (Phi) is 5.84. The number of carbonyl (C=O) groups excluding carboxylic acids is 1. The van der Waals surface area contributed by atoms with Crippen molar-refractivity contribution >= 4 is 5.97 Å². The van der Waals surface area contributed by atoms with Crippen LogP contribution in [0.1, 0.15) is 30.9 Å². The van der Waals surface area contributed by atoms with E-state index in [1.165, 1.54) is 5.57 Å². The molecule has 0 radical (unpaired) electrons. The van der Waals surface area contributed by atoms with E-state index in [0.717, 1.165) is 11.1 Å². The van der Waals surface area contributed by atoms with Crippen molar-refractivity contribution in [2.45, 2.75) is 26.2 Å². The first-order valence-corrected chi connectivity index (χ1v) is 10.0. The molecule has 0 saturated carbocycles. The van der Waals surface area contributed by atoms with Gasteiger partial charge in [0.1, 0.15) is 6.61 Å². The molecule has 158 valence electrons. The Hall–Kier alpha value is -3.15. The Morgan fingerprint density at radius 3 is 2.70 bits per heavy atom. The fraction of sp³-hybridized carbons (Fsp3) is 0.375. The molecule has 0 aromatic heterocycles. The number of fused-ring (bicyclic) bond motifs is 1. The van der Waals surface area contributed by atoms with E-state index in [2.05, 4.69) is 0 Å². The van der Waals surface area contributed by atoms with Crippen LogP contribution in [0.3, 0.4) is 0 Å². The van der Waals surface area contributed by atoms with E-state index < -0.39 is 0 Å². The van der Waals surface area contributed by atoms with E-state index in [1.807, 2.05) is 56.3 Å². The lowest BCUT2D eigenvalue weighted by Gasteiger charge is -2.17. The van der Waals surface area contributed by atoms with Gasteiger partial charge in [0.05, 0.1) is 19.6 Å². The number of allylic oxidation sites excluding steroid dienone is 1. The SMILES string of the molecule is COc1cc(C[C@@H]2COC(=O)[C@H]2c2ccc3c(c2)OCO3)ccc1OCC=C(C)C. The summed E-state index contributed by atoms with van der Waals surface area (Å²) in [4.78, 5) is 12.5. The topological polar surface area (TPSA) is 63.2 Å². The van der Waals surface area contributed by atoms with Crippen molar-refractivity contribution in [3.05, 3.63) is 59.2 Å². The molecule has 0 spiro atoms. The van der Waals surface area contributed by atoms with Crippen molar-refractivity contribution < 1.29 is 28.5 Å². The number of ether oxygens (including phenoxy) is 5. The van der Waals surface area contributed by atoms with Gasteiger partial charge in [-0.2, -0.15) is 0 Å². The van der Waals surface area contributed by atoms with Gasteiger partial charge in [-0.25, -0.2) is 0 Å². The molecular weight excluding hydrogens is 384 g/mol. The molecule has 0 aliphatic carbocycles. The van der Waals surface area contributed by atoms with Gasteiger partial charge in [0, 0.05) is 5.92 Å². The number of hydrogen-bond acceptors (Lipinski definition) is 6. The molecule has 0 amide bonds. The molecule has 2 atom stereocenters. The fourth-order valence-corrected chi connectivity index (χ4v) is 3.82. The Morgan fingerprint density at radius 2 is 1.90 bits per heavy atom. The summed E-state index contributed by atoms with van der Waals surface area (Å²) in [5.41, 5.74) is 3.15. The lowest BCUT2D eigenvalue weighted by molar-refractivity contribution is -0.139. The fourth-order valence-electron chi connectivity index (χ4n) is 3.82. The molecule has 6 heteroatoms. The van der Waals surface area contributed by atoms with Crippen molar-refractivity contribution in [3.8, 4) is 23.0 Å². The second-order valence-corrected chi connectivity index (χ2v) is 7.76. The first kappa shape index (κ1) is 20.1. The van der Waals surface area contributed by atoms with Crippen LogP contribution in [0.25, 0.3) is 0 Å². The van der Waals surface area contributed by atoms with Gasteiger partial charge in [-0.1, -0.05) is 17.7 Å². The van der Waals surface area contributed by atoms with E-state index in [4.69, 9.17) is 23.7 Å². The van der Waals surface area contributed by atoms with Gasteiger partial charge >= 0.3 is 5.97 Å². The average molecular weight is 410 g/mol. The smallest absolute Gasteiger partial charge is 0.313 e. The zero-order valence-electron chi connectivity index (χ0n) is 17.5. The van der Waals surface area contributed by atoms with Crippen molar-refractivity contribution in [2.75, 3.05) is 27.1 Å². The summed E-state index contributed by atoms with van der Waals surface area (Å²) in [6.45, 7) is 5.16. The first-order valence-electron chi connectivity index (χ1n) is 10.0. The lowest BCUT2D eigenvalue weighted by atomic mass is 9.84. The lowest BCUT2D eigenvalue weighted by Crippen LogP contribution is -2.16. The maximum absolute atomic E-state index is 12.5. The molecule has 0 bridgehead atoms. The predicted octanol–water partition coefficient (Wildman–Crippen LogP) is 4.27. The summed E-state index contributed by atoms with van der Waals surface area (Å²) in [7, 11) is 1.63. The minimum absolute atomic E-state index is 0.0278. The molecule has 2 aromatic rings. The molecule has 0 N–H and O–H groups in total. The number of esters is 1. The number of hydrogen-bond donors (Lipinski definition) is 0. The maximum Gasteiger partial charge on any atom is 0.313 e. The minimum Gasteiger partial charge on any atom is -0.493 e. The molecule has 4 rings (SSSR count). The summed E-state index contributed by atoms with van der Waals surface area (Å²) in [5, 5.41) is 0. The third-order valence-corrected chi connectivity index (χ3v) is 5.38. The normalized spacial score (nSPS) is 19.4. The summed E-state index contributed by atoms with van der Waals surface area (Å²) in [6.07, 6.45) is 2.71. The van der Waals surface area contributed by atoms with Gasteiger partial charge in [-0.3, -0.25) is 4.79 Å². The summed E-state index contributed by atoms with van der Waals surface area (Å²) < 4.78 is 27.6. The number of carbonyl (C=O) groups is 1. The van der Waals surface area contributed by atoms with Crippen LogP contribution in [0.5, 0.6) is 23.0 Å². The van der Waals surface area contributed by atoms with Gasteiger partial charge in [-0.15, -0.1) is 0 Å². The van der Waals surface area contributed by atoms with Crippen molar-refractivity contribution in [1.29, 1.82) is 0 Å². The number of methoxy groups -OCH3 is 1. The zero-order chi connectivity index (χ0) is 21.1. The van der Waals surface area contributed by atoms with Gasteiger partial charge in [0.25, 0.3) is 0 Å². The first-order chi connectivity index (χ1) is 14.5. The van der Waals surface area contributed by atoms with Crippen molar-refractivity contribution in [1.82, 2.24) is 0 Å². The van der Waals surface area contributed by atoms with Crippen molar-refractivity contribution in [3.63, 3.8) is 0 Å². The van der Waals surface area contributed by atoms with Crippen molar-refractivity contribution in [2.24, 2.45) is 5.92 Å². The van der Waals surface area contributed by atoms with Crippen LogP contribution < -0.4 is 18.9 Å². The molecule has 2 aliphatic rings. The highest BCUT2D eigenvalue weighted by molar-refractivity contribution is 5.81. The molecule has 1 saturated heterocycles. The van der Waals surface area contributed by atoms with Crippen LogP contribution >= 0.6 is 0 Å². The Morgan fingerprint density at radius 1 is 1.07 bits per heavy atom. The second-order valence-electron chi connectivity index (χ2n) is 7.76. The highest BCUT2D eigenvalue weighted by Gasteiger charge is 2.38. The van der Waals surface area contributed by atoms with E-state index >= 15 is 0 Å². The van der Waals surface area contributed by atoms with E-state index in [1.54, 1.807) is 7.11 Å². The van der Waals surface area contributed by atoms with Crippen LogP contribution in [-0.2, 0) is 16.0 Å². The Balaban J connectivity index is 1.51. The molecule has 2 aliphatic heterocycles. The molecule has 0 unspecified atom stereocenters. The Labute approximate surface area is 176 Å². The van der Waals surface area contributed by atoms with Crippen LogP contribution in [0.4, 0.5) is 0 Å². The maximum atomic E-state index is 12.5. The molecule has 2 heterocycles. The summed E-state index contributed by atoms with van der Waals surface area (Å²) in [5.74, 6) is 2.25. The van der Waals surface area contributed by atoms with Crippen LogP contribution in [0.15, 0.2) is 48.0 Å². The molecule has 2 aromatic carbocycles. The zero-order valence-corrected chi connectivity index (χ0v) is 17.5. The van der Waals surface area contributed by atoms with Gasteiger partial charge in [0.15, 0.2) is 23.0 Å². The summed E-state index contributed by atoms with van der Waals surface area (Å²) in [6, 6.07) is 11.5. The van der Waals surface area contributed by atoms with E-state index in [-0.39, 0.29) is 24.6 Å². The molecular formula is C24H26O6. The molecule has 1 fully saturated rings. The molecule has 30 heavy (non-hydrogen) atoms. The molecule has 6 nitrogen and oxygen atoms in total. The van der Waals surface area contributed by atoms with E-state index in [0.29, 0.717) is 42.6 Å². The van der Waals surface area contributed by atoms with Crippen LogP contribution in [-0.4, -0.2) is 33.1 Å². The number of rotatable bonds is 7. The third-order valence-electron chi connectivity index (χ3n) is 5.38. The highest BCUT2D eigenvalue weighted by atomic mass is 16.7. The number of cyclic esters (lactones) is 1. The average Bonchev–Trinajstić information content (AvgIpc) is 3.34. The number of benzene rings is 2. The standard InChI is InChI=1S/C24H26O6/c1-15(2)8-9-27-19-6-4-16(11-21(19)26-3)10-18-13-28-24(25)23(18)17-5-7-20-22(12-17)30-14-29-20/h4-8,11-12,18,23H,9-10,13-14H2,1-3H3/t18-,23+/m1/s1. The quantitative estimate of drug-likeness (QED) is 0.502. The predicted molar refractivity (Wildman–Crippen MR) is 111 cm³/mol. The van der Waals surface area contributed by atoms with Gasteiger partial charge in [-0.05, 0) is 61.7 Å². The second kappa shape index (κ2) is 8.69. The van der Waals surface area contributed by atoms with Crippen LogP contribution in [0.2, 0.25) is 0 Å². The van der Waals surface area contributed by atoms with Gasteiger partial charge < -0.3 is 23.7 Å². The minimum atomic E-state index is -0.334. The third kappa shape index (κ3) is 4.22. The van der Waals surface area contributed by atoms with Gasteiger partial charge in [0.2, 0.25) is 6.79 Å². The van der Waals surface area contributed by atoms with E-state index in [9.17, 15) is 4.79 Å². The van der Waals surface area contributed by atoms with Crippen LogP contribution in [0, 0.1) is 5.92 Å². The monoisotopic (exact) mass is 410 g/mol. The summed E-state index contributed by atoms with van der Waals surface area (Å²) >= 11 is 0.